The molecule has 0 aliphatic carbocycles. The molecule has 7 nitrogen and oxygen atoms in total. The molecule has 0 aliphatic rings. The van der Waals surface area contributed by atoms with Crippen molar-refractivity contribution >= 4 is 27.4 Å². The van der Waals surface area contributed by atoms with Crippen LogP contribution in [0, 0.1) is 11.6 Å². The summed E-state index contributed by atoms with van der Waals surface area (Å²) in [6.07, 6.45) is 1.07. The maximum absolute atomic E-state index is 14.1. The second-order valence-corrected chi connectivity index (χ2v) is 8.87. The number of hydrogen-bond donors (Lipinski definition) is 1. The van der Waals surface area contributed by atoms with Crippen LogP contribution >= 0.6 is 0 Å². The first-order valence-corrected chi connectivity index (χ1v) is 11.5. The van der Waals surface area contributed by atoms with Gasteiger partial charge in [-0.25, -0.2) is 22.0 Å². The van der Waals surface area contributed by atoms with Crippen molar-refractivity contribution in [1.29, 1.82) is 0 Å². The van der Waals surface area contributed by atoms with E-state index < -0.39 is 33.3 Å². The van der Waals surface area contributed by atoms with Gasteiger partial charge in [0.1, 0.15) is 11.6 Å². The summed E-state index contributed by atoms with van der Waals surface area (Å²) in [5.41, 5.74) is 1.04. The van der Waals surface area contributed by atoms with Crippen molar-refractivity contribution in [2.75, 3.05) is 18.2 Å². The molecule has 3 aromatic carbocycles. The van der Waals surface area contributed by atoms with Crippen LogP contribution in [0.3, 0.4) is 0 Å². The van der Waals surface area contributed by atoms with Gasteiger partial charge in [-0.05, 0) is 55.0 Å². The maximum Gasteiger partial charge on any atom is 0.397 e. The van der Waals surface area contributed by atoms with E-state index in [1.165, 1.54) is 42.5 Å². The first kappa shape index (κ1) is 23.9. The summed E-state index contributed by atoms with van der Waals surface area (Å²) in [5.74, 6) is -3.85. The highest BCUT2D eigenvalue weighted by Gasteiger charge is 2.18. The van der Waals surface area contributed by atoms with Gasteiger partial charge in [-0.15, -0.1) is 0 Å². The minimum absolute atomic E-state index is 0.0280. The van der Waals surface area contributed by atoms with Gasteiger partial charge in [0.25, 0.3) is 0 Å². The second kappa shape index (κ2) is 9.78. The maximum atomic E-state index is 14.1. The number of anilines is 1. The van der Waals surface area contributed by atoms with Crippen LogP contribution in [0.4, 0.5) is 14.5 Å². The van der Waals surface area contributed by atoms with E-state index in [2.05, 4.69) is 10.1 Å². The molecule has 1 amide bonds. The van der Waals surface area contributed by atoms with Crippen LogP contribution in [-0.2, 0) is 24.2 Å². The number of carbonyl (C=O) groups is 2. The Balaban J connectivity index is 2.03. The number of hydrogen-bond acceptors (Lipinski definition) is 6. The molecule has 0 bridgehead atoms. The topological polar surface area (TPSA) is 98.8 Å². The SMILES string of the molecule is CCOC(=O)C(=O)Nc1ccc(Oc2ccc(F)cc2F)c(-c2ccc(S(C)(=O)=O)cc2)c1. The van der Waals surface area contributed by atoms with Crippen molar-refractivity contribution in [3.63, 3.8) is 0 Å². The number of esters is 1. The van der Waals surface area contributed by atoms with Crippen LogP contribution in [0.5, 0.6) is 11.5 Å². The largest absolute Gasteiger partial charge is 0.459 e. The van der Waals surface area contributed by atoms with Crippen molar-refractivity contribution in [1.82, 2.24) is 0 Å². The van der Waals surface area contributed by atoms with Crippen LogP contribution in [0.15, 0.2) is 65.6 Å². The van der Waals surface area contributed by atoms with Crippen LogP contribution in [0.1, 0.15) is 6.92 Å². The molecule has 0 unspecified atom stereocenters. The van der Waals surface area contributed by atoms with Crippen LogP contribution in [0.25, 0.3) is 11.1 Å². The lowest BCUT2D eigenvalue weighted by Crippen LogP contribution is -2.24. The number of benzene rings is 3. The van der Waals surface area contributed by atoms with E-state index in [1.807, 2.05) is 0 Å². The number of rotatable bonds is 6. The van der Waals surface area contributed by atoms with Gasteiger partial charge < -0.3 is 14.8 Å². The average Bonchev–Trinajstić information content (AvgIpc) is 2.76. The molecule has 0 aliphatic heterocycles. The Morgan fingerprint density at radius 1 is 0.939 bits per heavy atom. The van der Waals surface area contributed by atoms with Crippen LogP contribution in [0.2, 0.25) is 0 Å². The lowest BCUT2D eigenvalue weighted by molar-refractivity contribution is -0.152. The van der Waals surface area contributed by atoms with Gasteiger partial charge in [-0.3, -0.25) is 4.79 Å². The summed E-state index contributed by atoms with van der Waals surface area (Å²) >= 11 is 0. The van der Waals surface area contributed by atoms with Crippen LogP contribution < -0.4 is 10.1 Å². The summed E-state index contributed by atoms with van der Waals surface area (Å²) in [7, 11) is -3.43. The van der Waals surface area contributed by atoms with E-state index in [0.29, 0.717) is 17.2 Å². The van der Waals surface area contributed by atoms with Gasteiger partial charge in [-0.2, -0.15) is 0 Å². The number of carbonyl (C=O) groups excluding carboxylic acids is 2. The summed E-state index contributed by atoms with van der Waals surface area (Å²) < 4.78 is 61.2. The molecule has 10 heteroatoms. The molecule has 0 radical (unpaired) electrons. The van der Waals surface area contributed by atoms with Gasteiger partial charge >= 0.3 is 11.9 Å². The fourth-order valence-corrected chi connectivity index (χ4v) is 3.49. The number of halogens is 2. The van der Waals surface area contributed by atoms with E-state index in [1.54, 1.807) is 6.92 Å². The van der Waals surface area contributed by atoms with Gasteiger partial charge in [0.2, 0.25) is 0 Å². The number of sulfone groups is 1. The molecule has 0 atom stereocenters. The zero-order valence-electron chi connectivity index (χ0n) is 17.6. The standard InChI is InChI=1S/C23H19F2NO6S/c1-3-31-23(28)22(27)26-16-7-11-20(32-21-10-6-15(24)12-19(21)25)18(13-16)14-4-8-17(9-5-14)33(2,29)30/h4-13H,3H2,1-2H3,(H,26,27). The zero-order chi connectivity index (χ0) is 24.2. The number of nitrogens with one attached hydrogen (secondary N) is 1. The second-order valence-electron chi connectivity index (χ2n) is 6.86. The van der Waals surface area contributed by atoms with E-state index >= 15 is 0 Å². The van der Waals surface area contributed by atoms with Gasteiger partial charge in [0.05, 0.1) is 11.5 Å². The lowest BCUT2D eigenvalue weighted by atomic mass is 10.0. The van der Waals surface area contributed by atoms with Crippen LogP contribution in [-0.4, -0.2) is 33.2 Å². The van der Waals surface area contributed by atoms with Gasteiger partial charge in [0, 0.05) is 23.6 Å². The minimum atomic E-state index is -3.43. The Kier molecular flexibility index (Phi) is 7.07. The average molecular weight is 475 g/mol. The molecule has 0 saturated heterocycles. The highest BCUT2D eigenvalue weighted by Crippen LogP contribution is 2.37. The summed E-state index contributed by atoms with van der Waals surface area (Å²) in [5, 5.41) is 2.39. The van der Waals surface area contributed by atoms with Crippen molar-refractivity contribution in [2.24, 2.45) is 0 Å². The van der Waals surface area contributed by atoms with E-state index in [0.717, 1.165) is 18.4 Å². The fourth-order valence-electron chi connectivity index (χ4n) is 2.86. The molecule has 1 N–H and O–H groups in total. The molecular weight excluding hydrogens is 456 g/mol. The molecule has 0 fully saturated rings. The number of ether oxygens (including phenoxy) is 2. The Morgan fingerprint density at radius 2 is 1.61 bits per heavy atom. The highest BCUT2D eigenvalue weighted by atomic mass is 32.2. The molecule has 3 rings (SSSR count). The Hall–Kier alpha value is -3.79. The molecule has 0 saturated carbocycles. The molecule has 0 aromatic heterocycles. The van der Waals surface area contributed by atoms with Gasteiger partial charge in [-0.1, -0.05) is 12.1 Å². The quantitative estimate of drug-likeness (QED) is 0.421. The monoisotopic (exact) mass is 475 g/mol. The molecule has 172 valence electrons. The fraction of sp³-hybridized carbons (Fsp3) is 0.130. The smallest absolute Gasteiger partial charge is 0.397 e. The molecule has 0 spiro atoms. The van der Waals surface area contributed by atoms with Crippen molar-refractivity contribution in [3.8, 4) is 22.6 Å². The summed E-state index contributed by atoms with van der Waals surface area (Å²) in [6.45, 7) is 1.59. The van der Waals surface area contributed by atoms with Crippen molar-refractivity contribution in [2.45, 2.75) is 11.8 Å². The first-order chi connectivity index (χ1) is 15.6. The normalized spacial score (nSPS) is 11.0. The number of amides is 1. The molecule has 33 heavy (non-hydrogen) atoms. The van der Waals surface area contributed by atoms with Crippen molar-refractivity contribution < 1.29 is 36.3 Å². The Labute approximate surface area is 188 Å². The van der Waals surface area contributed by atoms with E-state index in [-0.39, 0.29) is 28.7 Å². The third-order valence-corrected chi connectivity index (χ3v) is 5.53. The van der Waals surface area contributed by atoms with Gasteiger partial charge in [0.15, 0.2) is 21.4 Å². The third-order valence-electron chi connectivity index (χ3n) is 4.41. The lowest BCUT2D eigenvalue weighted by Gasteiger charge is -2.14. The molecule has 0 heterocycles. The summed E-state index contributed by atoms with van der Waals surface area (Å²) in [6, 6.07) is 12.9. The third kappa shape index (κ3) is 5.92. The summed E-state index contributed by atoms with van der Waals surface area (Å²) in [4.78, 5) is 23.7. The molecular formula is C23H19F2NO6S. The molecule has 3 aromatic rings. The highest BCUT2D eigenvalue weighted by molar-refractivity contribution is 7.90. The van der Waals surface area contributed by atoms with E-state index in [9.17, 15) is 26.8 Å². The predicted octanol–water partition coefficient (Wildman–Crippen LogP) is 4.33. The zero-order valence-corrected chi connectivity index (χ0v) is 18.4. The predicted molar refractivity (Wildman–Crippen MR) is 117 cm³/mol. The Morgan fingerprint density at radius 3 is 2.21 bits per heavy atom. The van der Waals surface area contributed by atoms with E-state index in [4.69, 9.17) is 4.74 Å². The minimum Gasteiger partial charge on any atom is -0.459 e. The first-order valence-electron chi connectivity index (χ1n) is 9.64. The Bertz CT molecular complexity index is 1310. The van der Waals surface area contributed by atoms with Crippen molar-refractivity contribution in [3.05, 3.63) is 72.3 Å².